The van der Waals surface area contributed by atoms with Gasteiger partial charge in [-0.15, -0.1) is 5.10 Å². The first-order valence-electron chi connectivity index (χ1n) is 5.17. The number of fused-ring (bicyclic) bond motifs is 1. The number of aldehydes is 1. The summed E-state index contributed by atoms with van der Waals surface area (Å²) >= 11 is 0. The van der Waals surface area contributed by atoms with Crippen LogP contribution >= 0.6 is 0 Å². The largest absolute Gasteiger partial charge is 1.00 e. The van der Waals surface area contributed by atoms with Gasteiger partial charge in [0.2, 0.25) is 0 Å². The van der Waals surface area contributed by atoms with E-state index in [-0.39, 0.29) is 41.6 Å². The Morgan fingerprint density at radius 1 is 1.45 bits per heavy atom. The monoisotopic (exact) mass is 289 g/mol. The molecule has 102 valence electrons. The van der Waals surface area contributed by atoms with Crippen LogP contribution in [0.5, 0.6) is 0 Å². The van der Waals surface area contributed by atoms with Crippen LogP contribution in [0, 0.1) is 0 Å². The summed E-state index contributed by atoms with van der Waals surface area (Å²) in [4.78, 5) is 21.2. The zero-order valence-corrected chi connectivity index (χ0v) is 12.7. The van der Waals surface area contributed by atoms with Gasteiger partial charge in [0.1, 0.15) is 11.8 Å². The SMILES string of the molecule is O.O=CCNNC(C(=O)[O-])n1nnc2ccccc21.[Na+]. The Hall–Kier alpha value is -1.36. The minimum absolute atomic E-state index is 0. The number of aromatic nitrogens is 3. The number of rotatable bonds is 6. The third kappa shape index (κ3) is 4.07. The molecule has 4 N–H and O–H groups in total. The molecule has 1 unspecified atom stereocenters. The maximum absolute atomic E-state index is 11.0. The molecule has 0 spiro atoms. The van der Waals surface area contributed by atoms with E-state index in [1.54, 1.807) is 24.3 Å². The molecule has 0 radical (unpaired) electrons. The number of aliphatic carboxylic acids is 1. The number of hydrogen-bond donors (Lipinski definition) is 2. The number of hydrazine groups is 1. The minimum atomic E-state index is -1.39. The predicted octanol–water partition coefficient (Wildman–Crippen LogP) is -5.85. The number of carboxylic acid groups (broad SMARTS) is 1. The number of para-hydroxylation sites is 1. The zero-order chi connectivity index (χ0) is 13.0. The molecule has 2 aromatic rings. The molecule has 9 nitrogen and oxygen atoms in total. The molecule has 0 saturated carbocycles. The number of nitrogens with one attached hydrogen (secondary N) is 2. The van der Waals surface area contributed by atoms with Crippen LogP contribution in [-0.2, 0) is 9.59 Å². The number of carbonyl (C=O) groups excluding carboxylic acids is 2. The van der Waals surface area contributed by atoms with E-state index in [1.807, 2.05) is 0 Å². The number of benzene rings is 1. The normalized spacial score (nSPS) is 11.2. The summed E-state index contributed by atoms with van der Waals surface area (Å²) in [5.74, 6) is -1.39. The van der Waals surface area contributed by atoms with Gasteiger partial charge in [-0.25, -0.2) is 15.5 Å². The molecule has 1 atom stereocenters. The van der Waals surface area contributed by atoms with E-state index in [1.165, 1.54) is 4.68 Å². The third-order valence-electron chi connectivity index (χ3n) is 2.27. The number of carbonyl (C=O) groups is 2. The maximum atomic E-state index is 11.0. The molecule has 1 heterocycles. The van der Waals surface area contributed by atoms with Gasteiger partial charge in [0.05, 0.1) is 18.0 Å². The van der Waals surface area contributed by atoms with Crippen molar-refractivity contribution < 1.29 is 49.7 Å². The van der Waals surface area contributed by atoms with Crippen LogP contribution in [0.3, 0.4) is 0 Å². The predicted molar refractivity (Wildman–Crippen MR) is 62.4 cm³/mol. The Morgan fingerprint density at radius 3 is 2.80 bits per heavy atom. The topological polar surface area (TPSA) is 143 Å². The zero-order valence-electron chi connectivity index (χ0n) is 10.7. The Morgan fingerprint density at radius 2 is 2.15 bits per heavy atom. The van der Waals surface area contributed by atoms with Crippen LogP contribution in [0.4, 0.5) is 0 Å². The van der Waals surface area contributed by atoms with E-state index >= 15 is 0 Å². The van der Waals surface area contributed by atoms with Crippen molar-refractivity contribution in [3.8, 4) is 0 Å². The molecule has 0 aliphatic rings. The van der Waals surface area contributed by atoms with Gasteiger partial charge < -0.3 is 20.2 Å². The van der Waals surface area contributed by atoms with Gasteiger partial charge in [-0.05, 0) is 12.1 Å². The van der Waals surface area contributed by atoms with Gasteiger partial charge in [-0.1, -0.05) is 17.3 Å². The summed E-state index contributed by atoms with van der Waals surface area (Å²) < 4.78 is 1.17. The summed E-state index contributed by atoms with van der Waals surface area (Å²) in [7, 11) is 0. The van der Waals surface area contributed by atoms with Crippen molar-refractivity contribution in [2.24, 2.45) is 0 Å². The van der Waals surface area contributed by atoms with Crippen LogP contribution < -0.4 is 45.5 Å². The van der Waals surface area contributed by atoms with Crippen LogP contribution in [0.25, 0.3) is 11.0 Å². The average molecular weight is 289 g/mol. The first kappa shape index (κ1) is 18.6. The molecule has 0 aliphatic carbocycles. The van der Waals surface area contributed by atoms with Gasteiger partial charge in [-0.3, -0.25) is 0 Å². The second kappa shape index (κ2) is 8.74. The van der Waals surface area contributed by atoms with E-state index in [0.717, 1.165) is 0 Å². The van der Waals surface area contributed by atoms with E-state index in [2.05, 4.69) is 21.2 Å². The smallest absolute Gasteiger partial charge is 0.546 e. The van der Waals surface area contributed by atoms with Crippen LogP contribution in [0.1, 0.15) is 6.17 Å². The van der Waals surface area contributed by atoms with Crippen LogP contribution in [0.2, 0.25) is 0 Å². The molecule has 0 bridgehead atoms. The maximum Gasteiger partial charge on any atom is 1.00 e. The molecule has 10 heteroatoms. The second-order valence-electron chi connectivity index (χ2n) is 3.44. The fraction of sp³-hybridized carbons (Fsp3) is 0.200. The molecular weight excluding hydrogens is 277 g/mol. The molecule has 2 rings (SSSR count). The van der Waals surface area contributed by atoms with Crippen molar-refractivity contribution in [1.29, 1.82) is 0 Å². The van der Waals surface area contributed by atoms with Crippen LogP contribution in [0.15, 0.2) is 24.3 Å². The van der Waals surface area contributed by atoms with E-state index < -0.39 is 12.1 Å². The van der Waals surface area contributed by atoms with E-state index in [4.69, 9.17) is 0 Å². The van der Waals surface area contributed by atoms with Gasteiger partial charge in [-0.2, -0.15) is 0 Å². The number of nitrogens with zero attached hydrogens (tertiary/aromatic N) is 3. The molecule has 0 saturated heterocycles. The Labute approximate surface area is 135 Å². The molecule has 0 fully saturated rings. The number of hydrogen-bond acceptors (Lipinski definition) is 7. The van der Waals surface area contributed by atoms with Crippen molar-refractivity contribution in [2.45, 2.75) is 6.17 Å². The fourth-order valence-electron chi connectivity index (χ4n) is 1.49. The Kier molecular flexibility index (Phi) is 8.15. The Balaban J connectivity index is 0.00000180. The average Bonchev–Trinajstić information content (AvgIpc) is 2.78. The fourth-order valence-corrected chi connectivity index (χ4v) is 1.49. The summed E-state index contributed by atoms with van der Waals surface area (Å²) in [5.41, 5.74) is 5.99. The van der Waals surface area contributed by atoms with Gasteiger partial charge in [0.25, 0.3) is 0 Å². The third-order valence-corrected chi connectivity index (χ3v) is 2.27. The molecule has 0 aliphatic heterocycles. The van der Waals surface area contributed by atoms with E-state index in [0.29, 0.717) is 17.3 Å². The molecule has 0 amide bonds. The van der Waals surface area contributed by atoms with Gasteiger partial charge in [0, 0.05) is 0 Å². The van der Waals surface area contributed by atoms with Gasteiger partial charge in [0.15, 0.2) is 6.17 Å². The Bertz CT molecular complexity index is 576. The van der Waals surface area contributed by atoms with Crippen molar-refractivity contribution in [1.82, 2.24) is 25.8 Å². The quantitative estimate of drug-likeness (QED) is 0.233. The van der Waals surface area contributed by atoms with Crippen molar-refractivity contribution in [2.75, 3.05) is 6.54 Å². The first-order valence-corrected chi connectivity index (χ1v) is 5.17. The van der Waals surface area contributed by atoms with Gasteiger partial charge >= 0.3 is 29.6 Å². The number of carboxylic acids is 1. The minimum Gasteiger partial charge on any atom is -0.546 e. The molecule has 1 aromatic carbocycles. The summed E-state index contributed by atoms with van der Waals surface area (Å²) in [5, 5.41) is 18.6. The molecular formula is C10H12N5NaO4. The summed E-state index contributed by atoms with van der Waals surface area (Å²) in [6.07, 6.45) is -0.656. The summed E-state index contributed by atoms with van der Waals surface area (Å²) in [6.45, 7) is -0.0313. The van der Waals surface area contributed by atoms with Crippen molar-refractivity contribution in [3.05, 3.63) is 24.3 Å². The van der Waals surface area contributed by atoms with Crippen molar-refractivity contribution >= 4 is 23.3 Å². The molecule has 20 heavy (non-hydrogen) atoms. The standard InChI is InChI=1S/C10H11N5O3.Na.H2O/c16-6-5-11-13-9(10(17)18)15-8-4-2-1-3-7(8)12-14-15;;/h1-4,6,9,11,13H,5H2,(H,17,18);;1H2/q;+1;/p-1. The van der Waals surface area contributed by atoms with Crippen LogP contribution in [-0.4, -0.2) is 39.3 Å². The second-order valence-corrected chi connectivity index (χ2v) is 3.44. The first-order chi connectivity index (χ1) is 8.74. The molecule has 1 aromatic heterocycles. The summed E-state index contributed by atoms with van der Waals surface area (Å²) in [6, 6.07) is 6.91. The van der Waals surface area contributed by atoms with E-state index in [9.17, 15) is 14.7 Å². The van der Waals surface area contributed by atoms with Crippen molar-refractivity contribution in [3.63, 3.8) is 0 Å².